The van der Waals surface area contributed by atoms with Crippen molar-refractivity contribution in [3.63, 3.8) is 0 Å². The van der Waals surface area contributed by atoms with E-state index in [4.69, 9.17) is 4.55 Å². The van der Waals surface area contributed by atoms with Crippen molar-refractivity contribution in [3.8, 4) is 5.75 Å². The highest BCUT2D eigenvalue weighted by Crippen LogP contribution is 2.31. The summed E-state index contributed by atoms with van der Waals surface area (Å²) in [6.45, 7) is 0. The summed E-state index contributed by atoms with van der Waals surface area (Å²) in [5, 5.41) is 22.0. The summed E-state index contributed by atoms with van der Waals surface area (Å²) in [6.07, 6.45) is 1.58. The van der Waals surface area contributed by atoms with E-state index in [0.717, 1.165) is 0 Å². The van der Waals surface area contributed by atoms with Gasteiger partial charge in [-0.3, -0.25) is 4.55 Å². The second kappa shape index (κ2) is 5.94. The van der Waals surface area contributed by atoms with E-state index in [-0.39, 0.29) is 11.4 Å². The van der Waals surface area contributed by atoms with E-state index >= 15 is 0 Å². The van der Waals surface area contributed by atoms with Gasteiger partial charge >= 0.3 is 0 Å². The van der Waals surface area contributed by atoms with Gasteiger partial charge in [0.1, 0.15) is 17.3 Å². The lowest BCUT2D eigenvalue weighted by atomic mass is 10.2. The standard InChI is InChI=1S/C10H10N4O4S2/c15-9-5-7(12-6-20(16,17)18)1-2-8(9)13-14-10-11-3-4-19-10/h1-5,12,15H,6H2,(H,16,17,18). The van der Waals surface area contributed by atoms with Crippen molar-refractivity contribution >= 4 is 38.0 Å². The molecule has 0 atom stereocenters. The Balaban J connectivity index is 2.10. The fraction of sp³-hybridized carbons (Fsp3) is 0.100. The number of benzene rings is 1. The zero-order chi connectivity index (χ0) is 14.6. The number of azo groups is 1. The lowest BCUT2D eigenvalue weighted by Crippen LogP contribution is -2.12. The highest BCUT2D eigenvalue weighted by atomic mass is 32.2. The molecule has 106 valence electrons. The van der Waals surface area contributed by atoms with Gasteiger partial charge in [0.2, 0.25) is 5.13 Å². The van der Waals surface area contributed by atoms with Crippen LogP contribution < -0.4 is 5.32 Å². The summed E-state index contributed by atoms with van der Waals surface area (Å²) in [6, 6.07) is 4.24. The van der Waals surface area contributed by atoms with Gasteiger partial charge in [0.15, 0.2) is 0 Å². The van der Waals surface area contributed by atoms with Crippen LogP contribution >= 0.6 is 11.3 Å². The third-order valence-corrected chi connectivity index (χ3v) is 3.26. The van der Waals surface area contributed by atoms with Gasteiger partial charge in [-0.05, 0) is 12.1 Å². The monoisotopic (exact) mass is 314 g/mol. The maximum absolute atomic E-state index is 10.6. The lowest BCUT2D eigenvalue weighted by molar-refractivity contribution is 0.476. The Kier molecular flexibility index (Phi) is 4.27. The summed E-state index contributed by atoms with van der Waals surface area (Å²) in [5.41, 5.74) is 0.547. The van der Waals surface area contributed by atoms with Crippen LogP contribution in [0.3, 0.4) is 0 Å². The highest BCUT2D eigenvalue weighted by molar-refractivity contribution is 7.85. The van der Waals surface area contributed by atoms with Crippen molar-refractivity contribution in [1.82, 2.24) is 4.98 Å². The van der Waals surface area contributed by atoms with E-state index in [9.17, 15) is 13.5 Å². The Morgan fingerprint density at radius 2 is 2.15 bits per heavy atom. The summed E-state index contributed by atoms with van der Waals surface area (Å²) in [7, 11) is -4.13. The van der Waals surface area contributed by atoms with E-state index < -0.39 is 16.0 Å². The largest absolute Gasteiger partial charge is 0.506 e. The van der Waals surface area contributed by atoms with Crippen LogP contribution in [0.5, 0.6) is 5.75 Å². The van der Waals surface area contributed by atoms with E-state index in [1.807, 2.05) is 0 Å². The molecule has 0 aliphatic rings. The third kappa shape index (κ3) is 4.26. The fourth-order valence-electron chi connectivity index (χ4n) is 1.25. The molecule has 0 saturated carbocycles. The number of anilines is 1. The molecule has 10 heteroatoms. The van der Waals surface area contributed by atoms with Gasteiger partial charge in [0.05, 0.1) is 0 Å². The number of nitrogens with one attached hydrogen (secondary N) is 1. The van der Waals surface area contributed by atoms with Crippen LogP contribution in [-0.4, -0.2) is 28.9 Å². The number of thiazole rings is 1. The second-order valence-electron chi connectivity index (χ2n) is 3.62. The van der Waals surface area contributed by atoms with Gasteiger partial charge in [-0.2, -0.15) is 8.42 Å². The van der Waals surface area contributed by atoms with E-state index in [1.165, 1.54) is 29.5 Å². The number of aromatic hydroxyl groups is 1. The zero-order valence-electron chi connectivity index (χ0n) is 9.96. The molecule has 0 radical (unpaired) electrons. The van der Waals surface area contributed by atoms with Gasteiger partial charge in [-0.25, -0.2) is 4.98 Å². The minimum Gasteiger partial charge on any atom is -0.506 e. The molecule has 0 aliphatic heterocycles. The van der Waals surface area contributed by atoms with Crippen LogP contribution in [0, 0.1) is 0 Å². The predicted molar refractivity (Wildman–Crippen MR) is 74.4 cm³/mol. The molecule has 3 N–H and O–H groups in total. The van der Waals surface area contributed by atoms with Gasteiger partial charge in [-0.15, -0.1) is 21.6 Å². The first-order valence-corrected chi connectivity index (χ1v) is 7.76. The van der Waals surface area contributed by atoms with Crippen LogP contribution in [0.1, 0.15) is 0 Å². The Morgan fingerprint density at radius 1 is 1.35 bits per heavy atom. The van der Waals surface area contributed by atoms with Crippen molar-refractivity contribution in [3.05, 3.63) is 29.8 Å². The molecule has 1 heterocycles. The Morgan fingerprint density at radius 3 is 2.75 bits per heavy atom. The molecule has 1 aromatic carbocycles. The molecule has 2 aromatic rings. The summed E-state index contributed by atoms with van der Waals surface area (Å²) in [4.78, 5) is 3.90. The quantitative estimate of drug-likeness (QED) is 0.575. The number of hydrogen-bond donors (Lipinski definition) is 3. The average molecular weight is 314 g/mol. The second-order valence-corrected chi connectivity index (χ2v) is 5.95. The van der Waals surface area contributed by atoms with Gasteiger partial charge < -0.3 is 10.4 Å². The normalized spacial score (nSPS) is 11.8. The SMILES string of the molecule is O=S(=O)(O)CNc1ccc(N=Nc2nccs2)c(O)c1. The highest BCUT2D eigenvalue weighted by Gasteiger charge is 2.06. The molecule has 2 rings (SSSR count). The van der Waals surface area contributed by atoms with E-state index in [2.05, 4.69) is 20.5 Å². The molecule has 1 aromatic heterocycles. The van der Waals surface area contributed by atoms with Crippen LogP contribution in [0.25, 0.3) is 0 Å². The lowest BCUT2D eigenvalue weighted by Gasteiger charge is -2.05. The number of phenolic OH excluding ortho intramolecular Hbond substituents is 1. The van der Waals surface area contributed by atoms with Crippen LogP contribution in [0.2, 0.25) is 0 Å². The van der Waals surface area contributed by atoms with Crippen LogP contribution in [0.15, 0.2) is 40.0 Å². The first-order valence-electron chi connectivity index (χ1n) is 5.27. The maximum atomic E-state index is 10.6. The Hall–Kier alpha value is -2.04. The average Bonchev–Trinajstić information content (AvgIpc) is 2.87. The number of phenols is 1. The molecule has 20 heavy (non-hydrogen) atoms. The van der Waals surface area contributed by atoms with Gasteiger partial charge in [0, 0.05) is 23.3 Å². The predicted octanol–water partition coefficient (Wildman–Crippen LogP) is 2.52. The molecule has 0 amide bonds. The van der Waals surface area contributed by atoms with Crippen molar-refractivity contribution < 1.29 is 18.1 Å². The minimum atomic E-state index is -4.13. The number of aromatic nitrogens is 1. The first-order chi connectivity index (χ1) is 9.44. The minimum absolute atomic E-state index is 0.175. The molecule has 8 nitrogen and oxygen atoms in total. The molecule has 0 bridgehead atoms. The Labute approximate surface area is 118 Å². The molecule has 0 aliphatic carbocycles. The van der Waals surface area contributed by atoms with Gasteiger partial charge in [-0.1, -0.05) is 0 Å². The molecular weight excluding hydrogens is 304 g/mol. The maximum Gasteiger partial charge on any atom is 0.283 e. The fourth-order valence-corrected chi connectivity index (χ4v) is 2.06. The summed E-state index contributed by atoms with van der Waals surface area (Å²) < 4.78 is 29.8. The summed E-state index contributed by atoms with van der Waals surface area (Å²) in [5.74, 6) is -0.822. The molecule has 0 spiro atoms. The van der Waals surface area contributed by atoms with E-state index in [1.54, 1.807) is 11.6 Å². The molecule has 0 saturated heterocycles. The molecular formula is C10H10N4O4S2. The van der Waals surface area contributed by atoms with Crippen LogP contribution in [-0.2, 0) is 10.1 Å². The van der Waals surface area contributed by atoms with E-state index in [0.29, 0.717) is 10.8 Å². The van der Waals surface area contributed by atoms with Crippen molar-refractivity contribution in [1.29, 1.82) is 0 Å². The van der Waals surface area contributed by atoms with Gasteiger partial charge in [0.25, 0.3) is 10.1 Å². The molecule has 0 unspecified atom stereocenters. The third-order valence-electron chi connectivity index (χ3n) is 2.10. The Bertz CT molecular complexity index is 713. The first kappa shape index (κ1) is 14.4. The smallest absolute Gasteiger partial charge is 0.283 e. The van der Waals surface area contributed by atoms with Crippen molar-refractivity contribution in [2.24, 2.45) is 10.2 Å². The number of rotatable bonds is 5. The van der Waals surface area contributed by atoms with Crippen LogP contribution in [0.4, 0.5) is 16.5 Å². The number of hydrogen-bond acceptors (Lipinski definition) is 8. The topological polar surface area (TPSA) is 124 Å². The van der Waals surface area contributed by atoms with Crippen molar-refractivity contribution in [2.75, 3.05) is 11.2 Å². The zero-order valence-corrected chi connectivity index (χ0v) is 11.6. The van der Waals surface area contributed by atoms with Crippen molar-refractivity contribution in [2.45, 2.75) is 0 Å². The summed E-state index contributed by atoms with van der Waals surface area (Å²) >= 11 is 1.30. The molecule has 0 fully saturated rings. The number of nitrogens with zero attached hydrogens (tertiary/aromatic N) is 3.